The molecule has 0 radical (unpaired) electrons. The van der Waals surface area contributed by atoms with Gasteiger partial charge in [-0.2, -0.15) is 0 Å². The topological polar surface area (TPSA) is 57.8 Å². The Kier molecular flexibility index (Phi) is 3.72. The minimum atomic E-state index is 0.0291. The summed E-state index contributed by atoms with van der Waals surface area (Å²) in [7, 11) is 0. The molecule has 0 aromatic carbocycles. The van der Waals surface area contributed by atoms with Crippen LogP contribution in [0.2, 0.25) is 0 Å². The Morgan fingerprint density at radius 1 is 1.44 bits per heavy atom. The van der Waals surface area contributed by atoms with Crippen molar-refractivity contribution >= 4 is 0 Å². The molecule has 0 aliphatic carbocycles. The average molecular weight is 221 g/mol. The van der Waals surface area contributed by atoms with Gasteiger partial charge in [0.1, 0.15) is 5.82 Å². The van der Waals surface area contributed by atoms with E-state index in [4.69, 9.17) is 0 Å². The molecule has 2 heterocycles. The molecule has 1 saturated heterocycles. The van der Waals surface area contributed by atoms with Gasteiger partial charge in [-0.1, -0.05) is 6.92 Å². The summed E-state index contributed by atoms with van der Waals surface area (Å²) in [5.74, 6) is 1.51. The number of nitrogens with one attached hydrogen (secondary N) is 2. The fourth-order valence-electron chi connectivity index (χ4n) is 2.17. The highest BCUT2D eigenvalue weighted by Crippen LogP contribution is 2.15. The van der Waals surface area contributed by atoms with Gasteiger partial charge in [0.2, 0.25) is 0 Å². The van der Waals surface area contributed by atoms with Crippen LogP contribution in [0.4, 0.5) is 0 Å². The van der Waals surface area contributed by atoms with E-state index in [-0.39, 0.29) is 5.56 Å². The lowest BCUT2D eigenvalue weighted by Crippen LogP contribution is -2.29. The number of aryl methyl sites for hydroxylation is 1. The van der Waals surface area contributed by atoms with Crippen LogP contribution in [0, 0.1) is 5.92 Å². The molecule has 88 valence electrons. The van der Waals surface area contributed by atoms with E-state index < -0.39 is 0 Å². The van der Waals surface area contributed by atoms with Crippen LogP contribution in [0.1, 0.15) is 31.2 Å². The van der Waals surface area contributed by atoms with Gasteiger partial charge in [0.05, 0.1) is 0 Å². The van der Waals surface area contributed by atoms with Crippen molar-refractivity contribution in [2.75, 3.05) is 13.1 Å². The summed E-state index contributed by atoms with van der Waals surface area (Å²) in [4.78, 5) is 18.8. The smallest absolute Gasteiger partial charge is 0.254 e. The lowest BCUT2D eigenvalue weighted by Gasteiger charge is -2.21. The van der Waals surface area contributed by atoms with Crippen molar-refractivity contribution in [2.24, 2.45) is 5.92 Å². The highest BCUT2D eigenvalue weighted by molar-refractivity contribution is 5.05. The van der Waals surface area contributed by atoms with Gasteiger partial charge in [0, 0.05) is 18.2 Å². The van der Waals surface area contributed by atoms with Crippen LogP contribution >= 0.6 is 0 Å². The number of aromatic amines is 1. The monoisotopic (exact) mass is 221 g/mol. The van der Waals surface area contributed by atoms with E-state index in [1.165, 1.54) is 12.8 Å². The lowest BCUT2D eigenvalue weighted by molar-refractivity contribution is 0.367. The van der Waals surface area contributed by atoms with E-state index in [1.807, 2.05) is 6.92 Å². The van der Waals surface area contributed by atoms with Crippen LogP contribution in [0.5, 0.6) is 0 Å². The number of aromatic nitrogens is 2. The summed E-state index contributed by atoms with van der Waals surface area (Å²) < 4.78 is 0. The normalized spacial score (nSPS) is 17.6. The Morgan fingerprint density at radius 2 is 2.19 bits per heavy atom. The third kappa shape index (κ3) is 2.70. The quantitative estimate of drug-likeness (QED) is 0.796. The third-order valence-electron chi connectivity index (χ3n) is 3.25. The lowest BCUT2D eigenvalue weighted by atomic mass is 9.94. The molecule has 0 amide bonds. The van der Waals surface area contributed by atoms with E-state index in [0.29, 0.717) is 5.92 Å². The summed E-state index contributed by atoms with van der Waals surface area (Å²) in [6, 6.07) is 0. The standard InChI is InChI=1S/C12H19N3O/c1-2-10-8-14-11(15-12(10)16)7-9-3-5-13-6-4-9/h8-9,13H,2-7H2,1H3,(H,14,15,16). The molecule has 0 saturated carbocycles. The Hall–Kier alpha value is -1.16. The predicted molar refractivity (Wildman–Crippen MR) is 63.5 cm³/mol. The maximum Gasteiger partial charge on any atom is 0.254 e. The average Bonchev–Trinajstić information content (AvgIpc) is 2.31. The van der Waals surface area contributed by atoms with Crippen molar-refractivity contribution in [1.29, 1.82) is 0 Å². The Morgan fingerprint density at radius 3 is 2.81 bits per heavy atom. The largest absolute Gasteiger partial charge is 0.317 e. The second kappa shape index (κ2) is 5.25. The number of hydrogen-bond donors (Lipinski definition) is 2. The van der Waals surface area contributed by atoms with Crippen LogP contribution in [0.15, 0.2) is 11.0 Å². The van der Waals surface area contributed by atoms with Gasteiger partial charge in [-0.15, -0.1) is 0 Å². The molecule has 0 atom stereocenters. The van der Waals surface area contributed by atoms with E-state index in [1.54, 1.807) is 6.20 Å². The second-order valence-corrected chi connectivity index (χ2v) is 4.44. The van der Waals surface area contributed by atoms with Crippen molar-refractivity contribution < 1.29 is 0 Å². The first-order valence-corrected chi connectivity index (χ1v) is 6.07. The molecule has 1 fully saturated rings. The molecule has 4 nitrogen and oxygen atoms in total. The van der Waals surface area contributed by atoms with Gasteiger partial charge >= 0.3 is 0 Å². The van der Waals surface area contributed by atoms with Gasteiger partial charge in [-0.25, -0.2) is 4.98 Å². The molecule has 0 bridgehead atoms. The molecule has 1 aromatic heterocycles. The Bertz CT molecular complexity index is 393. The summed E-state index contributed by atoms with van der Waals surface area (Å²) in [6.07, 6.45) is 5.73. The summed E-state index contributed by atoms with van der Waals surface area (Å²) in [6.45, 7) is 4.14. The van der Waals surface area contributed by atoms with Gasteiger partial charge in [-0.3, -0.25) is 4.79 Å². The fourth-order valence-corrected chi connectivity index (χ4v) is 2.17. The second-order valence-electron chi connectivity index (χ2n) is 4.44. The van der Waals surface area contributed by atoms with E-state index in [2.05, 4.69) is 15.3 Å². The Balaban J connectivity index is 2.04. The highest BCUT2D eigenvalue weighted by Gasteiger charge is 2.14. The third-order valence-corrected chi connectivity index (χ3v) is 3.25. The molecule has 1 aliphatic rings. The number of nitrogens with zero attached hydrogens (tertiary/aromatic N) is 1. The van der Waals surface area contributed by atoms with Gasteiger partial charge < -0.3 is 10.3 Å². The first-order chi connectivity index (χ1) is 7.79. The van der Waals surface area contributed by atoms with Crippen LogP contribution < -0.4 is 10.9 Å². The van der Waals surface area contributed by atoms with Crippen molar-refractivity contribution in [3.8, 4) is 0 Å². The van der Waals surface area contributed by atoms with Crippen LogP contribution in [-0.4, -0.2) is 23.1 Å². The number of piperidine rings is 1. The zero-order chi connectivity index (χ0) is 11.4. The van der Waals surface area contributed by atoms with Crippen molar-refractivity contribution in [2.45, 2.75) is 32.6 Å². The first-order valence-electron chi connectivity index (χ1n) is 6.07. The van der Waals surface area contributed by atoms with Crippen LogP contribution in [0.25, 0.3) is 0 Å². The number of H-pyrrole nitrogens is 1. The Labute approximate surface area is 95.5 Å². The summed E-state index contributed by atoms with van der Waals surface area (Å²) in [5.41, 5.74) is 0.801. The van der Waals surface area contributed by atoms with Crippen molar-refractivity contribution in [3.63, 3.8) is 0 Å². The zero-order valence-electron chi connectivity index (χ0n) is 9.75. The number of rotatable bonds is 3. The molecular weight excluding hydrogens is 202 g/mol. The zero-order valence-corrected chi connectivity index (χ0v) is 9.75. The summed E-state index contributed by atoms with van der Waals surface area (Å²) >= 11 is 0. The molecule has 2 N–H and O–H groups in total. The van der Waals surface area contributed by atoms with E-state index >= 15 is 0 Å². The molecule has 1 aliphatic heterocycles. The van der Waals surface area contributed by atoms with Crippen molar-refractivity contribution in [1.82, 2.24) is 15.3 Å². The summed E-state index contributed by atoms with van der Waals surface area (Å²) in [5, 5.41) is 3.34. The number of hydrogen-bond acceptors (Lipinski definition) is 3. The molecule has 0 unspecified atom stereocenters. The van der Waals surface area contributed by atoms with E-state index in [0.717, 1.165) is 37.3 Å². The van der Waals surface area contributed by atoms with Gasteiger partial charge in [-0.05, 0) is 38.3 Å². The first kappa shape index (κ1) is 11.3. The maximum absolute atomic E-state index is 11.6. The van der Waals surface area contributed by atoms with Crippen molar-refractivity contribution in [3.05, 3.63) is 27.9 Å². The predicted octanol–water partition coefficient (Wildman–Crippen LogP) is 0.874. The maximum atomic E-state index is 11.6. The highest BCUT2D eigenvalue weighted by atomic mass is 16.1. The molecule has 0 spiro atoms. The fraction of sp³-hybridized carbons (Fsp3) is 0.667. The van der Waals surface area contributed by atoms with Crippen LogP contribution in [0.3, 0.4) is 0 Å². The molecule has 16 heavy (non-hydrogen) atoms. The molecule has 1 aromatic rings. The molecular formula is C12H19N3O. The SMILES string of the molecule is CCc1cnc(CC2CCNCC2)[nH]c1=O. The van der Waals surface area contributed by atoms with Gasteiger partial charge in [0.15, 0.2) is 0 Å². The van der Waals surface area contributed by atoms with Gasteiger partial charge in [0.25, 0.3) is 5.56 Å². The van der Waals surface area contributed by atoms with Crippen LogP contribution in [-0.2, 0) is 12.8 Å². The molecule has 4 heteroatoms. The minimum Gasteiger partial charge on any atom is -0.317 e. The molecule has 2 rings (SSSR count). The van der Waals surface area contributed by atoms with E-state index in [9.17, 15) is 4.79 Å². The minimum absolute atomic E-state index is 0.0291.